The van der Waals surface area contributed by atoms with Gasteiger partial charge in [-0.25, -0.2) is 0 Å². The van der Waals surface area contributed by atoms with Crippen LogP contribution in [0.25, 0.3) is 0 Å². The second-order valence-corrected chi connectivity index (χ2v) is 4.90. The third-order valence-corrected chi connectivity index (χ3v) is 3.19. The standard InChI is InChI=1S/C12H15Cl2NO/c1-16-12-8(4-5-15-10-2-3-10)6-9(13)7-11(12)14/h6-7,10,15H,2-5H2,1H3. The summed E-state index contributed by atoms with van der Waals surface area (Å²) in [6, 6.07) is 4.35. The molecule has 0 bridgehead atoms. The zero-order chi connectivity index (χ0) is 11.5. The molecule has 0 unspecified atom stereocenters. The van der Waals surface area contributed by atoms with Gasteiger partial charge in [-0.1, -0.05) is 23.2 Å². The molecule has 0 aliphatic heterocycles. The molecule has 1 aromatic rings. The van der Waals surface area contributed by atoms with E-state index in [0.29, 0.717) is 10.0 Å². The van der Waals surface area contributed by atoms with Crippen molar-refractivity contribution in [2.24, 2.45) is 0 Å². The third-order valence-electron chi connectivity index (χ3n) is 2.69. The highest BCUT2D eigenvalue weighted by molar-refractivity contribution is 6.35. The van der Waals surface area contributed by atoms with E-state index in [1.54, 1.807) is 13.2 Å². The van der Waals surface area contributed by atoms with Gasteiger partial charge in [0, 0.05) is 11.1 Å². The van der Waals surface area contributed by atoms with Crippen molar-refractivity contribution >= 4 is 23.2 Å². The summed E-state index contributed by atoms with van der Waals surface area (Å²) in [5, 5.41) is 4.69. The van der Waals surface area contributed by atoms with Gasteiger partial charge < -0.3 is 10.1 Å². The molecule has 2 rings (SSSR count). The molecule has 1 fully saturated rings. The zero-order valence-corrected chi connectivity index (χ0v) is 10.7. The summed E-state index contributed by atoms with van der Waals surface area (Å²) >= 11 is 12.0. The van der Waals surface area contributed by atoms with E-state index >= 15 is 0 Å². The van der Waals surface area contributed by atoms with Gasteiger partial charge in [0.25, 0.3) is 0 Å². The average molecular weight is 260 g/mol. The van der Waals surface area contributed by atoms with Crippen LogP contribution in [0.1, 0.15) is 18.4 Å². The Kier molecular flexibility index (Phi) is 3.95. The molecule has 1 saturated carbocycles. The van der Waals surface area contributed by atoms with E-state index < -0.39 is 0 Å². The molecule has 0 saturated heterocycles. The van der Waals surface area contributed by atoms with E-state index in [4.69, 9.17) is 27.9 Å². The molecular formula is C12H15Cl2NO. The van der Waals surface area contributed by atoms with Crippen LogP contribution in [-0.2, 0) is 6.42 Å². The van der Waals surface area contributed by atoms with Crippen LogP contribution in [0.4, 0.5) is 0 Å². The number of rotatable bonds is 5. The second kappa shape index (κ2) is 5.26. The fraction of sp³-hybridized carbons (Fsp3) is 0.500. The number of halogens is 2. The van der Waals surface area contributed by atoms with Crippen molar-refractivity contribution in [3.63, 3.8) is 0 Å². The number of benzene rings is 1. The van der Waals surface area contributed by atoms with E-state index in [9.17, 15) is 0 Å². The maximum atomic E-state index is 6.06. The molecule has 0 amide bonds. The molecule has 0 spiro atoms. The topological polar surface area (TPSA) is 21.3 Å². The van der Waals surface area contributed by atoms with Gasteiger partial charge in [-0.15, -0.1) is 0 Å². The first-order chi connectivity index (χ1) is 7.70. The lowest BCUT2D eigenvalue weighted by molar-refractivity contribution is 0.409. The van der Waals surface area contributed by atoms with Crippen molar-refractivity contribution in [3.05, 3.63) is 27.7 Å². The Hall–Kier alpha value is -0.440. The first kappa shape index (κ1) is 12.0. The van der Waals surface area contributed by atoms with Crippen LogP contribution in [0.3, 0.4) is 0 Å². The van der Waals surface area contributed by atoms with Crippen LogP contribution in [0.15, 0.2) is 12.1 Å². The number of nitrogens with one attached hydrogen (secondary N) is 1. The summed E-state index contributed by atoms with van der Waals surface area (Å²) in [5.74, 6) is 0.740. The largest absolute Gasteiger partial charge is 0.495 e. The quantitative estimate of drug-likeness (QED) is 0.877. The van der Waals surface area contributed by atoms with E-state index in [0.717, 1.165) is 30.3 Å². The number of hydrogen-bond donors (Lipinski definition) is 1. The smallest absolute Gasteiger partial charge is 0.140 e. The minimum absolute atomic E-state index is 0.580. The highest BCUT2D eigenvalue weighted by Gasteiger charge is 2.20. The summed E-state index contributed by atoms with van der Waals surface area (Å²) in [6.07, 6.45) is 3.49. The Labute approximate surface area is 106 Å². The first-order valence-electron chi connectivity index (χ1n) is 5.46. The fourth-order valence-electron chi connectivity index (χ4n) is 1.73. The second-order valence-electron chi connectivity index (χ2n) is 4.06. The van der Waals surface area contributed by atoms with Gasteiger partial charge in [0.15, 0.2) is 0 Å². The highest BCUT2D eigenvalue weighted by Crippen LogP contribution is 2.32. The van der Waals surface area contributed by atoms with Gasteiger partial charge in [0.2, 0.25) is 0 Å². The van der Waals surface area contributed by atoms with Gasteiger partial charge in [-0.2, -0.15) is 0 Å². The molecule has 0 aromatic heterocycles. The Bertz CT molecular complexity index is 378. The maximum Gasteiger partial charge on any atom is 0.140 e. The summed E-state index contributed by atoms with van der Waals surface area (Å²) in [6.45, 7) is 0.942. The first-order valence-corrected chi connectivity index (χ1v) is 6.21. The SMILES string of the molecule is COc1c(Cl)cc(Cl)cc1CCNC1CC1. The molecule has 1 aromatic carbocycles. The fourth-order valence-corrected chi connectivity index (χ4v) is 2.34. The zero-order valence-electron chi connectivity index (χ0n) is 9.22. The molecule has 1 aliphatic carbocycles. The van der Waals surface area contributed by atoms with Crippen LogP contribution in [0.2, 0.25) is 10.0 Å². The van der Waals surface area contributed by atoms with Crippen LogP contribution in [-0.4, -0.2) is 19.7 Å². The Morgan fingerprint density at radius 1 is 1.38 bits per heavy atom. The number of hydrogen-bond acceptors (Lipinski definition) is 2. The monoisotopic (exact) mass is 259 g/mol. The van der Waals surface area contributed by atoms with Crippen molar-refractivity contribution in [2.75, 3.05) is 13.7 Å². The highest BCUT2D eigenvalue weighted by atomic mass is 35.5. The predicted octanol–water partition coefficient (Wildman–Crippen LogP) is 3.30. The number of methoxy groups -OCH3 is 1. The van der Waals surface area contributed by atoms with E-state index in [2.05, 4.69) is 5.32 Å². The molecule has 1 aliphatic rings. The van der Waals surface area contributed by atoms with Crippen LogP contribution < -0.4 is 10.1 Å². The summed E-state index contributed by atoms with van der Waals surface area (Å²) in [7, 11) is 1.63. The van der Waals surface area contributed by atoms with Crippen LogP contribution in [0.5, 0.6) is 5.75 Å². The van der Waals surface area contributed by atoms with Gasteiger partial charge in [-0.3, -0.25) is 0 Å². The van der Waals surface area contributed by atoms with Crippen molar-refractivity contribution in [1.29, 1.82) is 0 Å². The Morgan fingerprint density at radius 3 is 2.75 bits per heavy atom. The summed E-state index contributed by atoms with van der Waals surface area (Å²) < 4.78 is 5.29. The van der Waals surface area contributed by atoms with Crippen molar-refractivity contribution in [1.82, 2.24) is 5.32 Å². The molecule has 0 atom stereocenters. The summed E-state index contributed by atoms with van der Waals surface area (Å²) in [4.78, 5) is 0. The van der Waals surface area contributed by atoms with Gasteiger partial charge in [0.1, 0.15) is 5.75 Å². The van der Waals surface area contributed by atoms with Crippen molar-refractivity contribution < 1.29 is 4.74 Å². The van der Waals surface area contributed by atoms with Gasteiger partial charge in [0.05, 0.1) is 12.1 Å². The van der Waals surface area contributed by atoms with Gasteiger partial charge >= 0.3 is 0 Å². The van der Waals surface area contributed by atoms with E-state index in [-0.39, 0.29) is 0 Å². The lowest BCUT2D eigenvalue weighted by Gasteiger charge is -2.11. The van der Waals surface area contributed by atoms with Crippen LogP contribution >= 0.6 is 23.2 Å². The molecule has 4 heteroatoms. The Balaban J connectivity index is 2.04. The predicted molar refractivity (Wildman–Crippen MR) is 67.7 cm³/mol. The molecule has 0 heterocycles. The van der Waals surface area contributed by atoms with Gasteiger partial charge in [-0.05, 0) is 43.5 Å². The van der Waals surface area contributed by atoms with Crippen molar-refractivity contribution in [3.8, 4) is 5.75 Å². The lowest BCUT2D eigenvalue weighted by Crippen LogP contribution is -2.19. The molecule has 88 valence electrons. The molecular weight excluding hydrogens is 245 g/mol. The molecule has 16 heavy (non-hydrogen) atoms. The van der Waals surface area contributed by atoms with E-state index in [1.807, 2.05) is 6.07 Å². The minimum Gasteiger partial charge on any atom is -0.495 e. The Morgan fingerprint density at radius 2 is 2.12 bits per heavy atom. The minimum atomic E-state index is 0.580. The third kappa shape index (κ3) is 3.03. The molecule has 2 nitrogen and oxygen atoms in total. The van der Waals surface area contributed by atoms with Crippen molar-refractivity contribution in [2.45, 2.75) is 25.3 Å². The number of ether oxygens (including phenoxy) is 1. The normalized spacial score (nSPS) is 15.2. The average Bonchev–Trinajstić information content (AvgIpc) is 3.01. The maximum absolute atomic E-state index is 6.06. The lowest BCUT2D eigenvalue weighted by atomic mass is 10.1. The van der Waals surface area contributed by atoms with Crippen LogP contribution in [0, 0.1) is 0 Å². The molecule has 0 radical (unpaired) electrons. The summed E-state index contributed by atoms with van der Waals surface area (Å²) in [5.41, 5.74) is 1.06. The van der Waals surface area contributed by atoms with E-state index in [1.165, 1.54) is 12.8 Å². The molecule has 1 N–H and O–H groups in total.